The Bertz CT molecular complexity index is 452. The number of nitrogens with zero attached hydrogens (tertiary/aromatic N) is 3. The van der Waals surface area contributed by atoms with Crippen LogP contribution in [0.2, 0.25) is 5.15 Å². The van der Waals surface area contributed by atoms with E-state index in [2.05, 4.69) is 35.6 Å². The van der Waals surface area contributed by atoms with Crippen LogP contribution in [0.1, 0.15) is 39.4 Å². The van der Waals surface area contributed by atoms with Crippen molar-refractivity contribution in [3.8, 4) is 0 Å². The Morgan fingerprint density at radius 1 is 1.37 bits per heavy atom. The molecule has 1 aliphatic carbocycles. The number of hydrogen-bond acceptors (Lipinski definition) is 4. The molecule has 0 saturated heterocycles. The molecule has 1 N–H and O–H groups in total. The van der Waals surface area contributed by atoms with Crippen molar-refractivity contribution in [3.05, 3.63) is 17.0 Å². The van der Waals surface area contributed by atoms with Gasteiger partial charge in [-0.25, -0.2) is 9.97 Å². The lowest BCUT2D eigenvalue weighted by molar-refractivity contribution is 0.0464. The fraction of sp³-hybridized carbons (Fsp3) is 0.714. The number of rotatable bonds is 3. The summed E-state index contributed by atoms with van der Waals surface area (Å²) in [6.07, 6.45) is 1.66. The maximum atomic E-state index is 9.33. The smallest absolute Gasteiger partial charge is 0.137 e. The molecule has 0 aliphatic heterocycles. The molecule has 0 atom stereocenters. The van der Waals surface area contributed by atoms with Crippen molar-refractivity contribution in [1.29, 1.82) is 0 Å². The van der Waals surface area contributed by atoms with E-state index in [1.165, 1.54) is 0 Å². The standard InChI is InChI=1S/C14H22ClN3O/c1-14(2,3)13-16-11(15)7-12(17-13)18(4)8-9-5-10(19)6-9/h7,9-10,19H,5-6,8H2,1-4H3. The molecule has 1 aromatic heterocycles. The minimum absolute atomic E-state index is 0.113. The minimum Gasteiger partial charge on any atom is -0.393 e. The fourth-order valence-corrected chi connectivity index (χ4v) is 2.44. The molecule has 0 amide bonds. The van der Waals surface area contributed by atoms with E-state index in [-0.39, 0.29) is 11.5 Å². The van der Waals surface area contributed by atoms with Gasteiger partial charge in [-0.2, -0.15) is 0 Å². The highest BCUT2D eigenvalue weighted by Gasteiger charge is 2.28. The van der Waals surface area contributed by atoms with E-state index < -0.39 is 0 Å². The number of aromatic nitrogens is 2. The highest BCUT2D eigenvalue weighted by atomic mass is 35.5. The van der Waals surface area contributed by atoms with Crippen LogP contribution in [0.25, 0.3) is 0 Å². The van der Waals surface area contributed by atoms with Crippen molar-refractivity contribution >= 4 is 17.4 Å². The molecule has 0 unspecified atom stereocenters. The van der Waals surface area contributed by atoms with E-state index in [0.29, 0.717) is 11.1 Å². The molecule has 0 bridgehead atoms. The average Bonchev–Trinajstić information content (AvgIpc) is 2.24. The second-order valence-corrected chi connectivity index (χ2v) is 6.88. The van der Waals surface area contributed by atoms with Gasteiger partial charge in [-0.15, -0.1) is 0 Å². The summed E-state index contributed by atoms with van der Waals surface area (Å²) >= 11 is 6.09. The summed E-state index contributed by atoms with van der Waals surface area (Å²) in [5.41, 5.74) is -0.118. The van der Waals surface area contributed by atoms with Crippen LogP contribution < -0.4 is 4.90 Å². The second-order valence-electron chi connectivity index (χ2n) is 6.49. The fourth-order valence-electron chi connectivity index (χ4n) is 2.27. The number of aliphatic hydroxyl groups is 1. The Morgan fingerprint density at radius 2 is 2.00 bits per heavy atom. The van der Waals surface area contributed by atoms with Gasteiger partial charge in [0, 0.05) is 25.1 Å². The Kier molecular flexibility index (Phi) is 4.02. The summed E-state index contributed by atoms with van der Waals surface area (Å²) in [4.78, 5) is 11.0. The molecule has 0 radical (unpaired) electrons. The van der Waals surface area contributed by atoms with Gasteiger partial charge < -0.3 is 10.0 Å². The Balaban J connectivity index is 2.12. The third-order valence-corrected chi connectivity index (χ3v) is 3.68. The lowest BCUT2D eigenvalue weighted by atomic mass is 9.82. The molecule has 0 aromatic carbocycles. The highest BCUT2D eigenvalue weighted by Crippen LogP contribution is 2.29. The van der Waals surface area contributed by atoms with Crippen LogP contribution in [0, 0.1) is 5.92 Å². The van der Waals surface area contributed by atoms with E-state index in [1.807, 2.05) is 7.05 Å². The van der Waals surface area contributed by atoms with Crippen molar-refractivity contribution in [1.82, 2.24) is 9.97 Å². The molecule has 1 aliphatic rings. The van der Waals surface area contributed by atoms with Gasteiger partial charge in [0.2, 0.25) is 0 Å². The van der Waals surface area contributed by atoms with E-state index in [1.54, 1.807) is 6.07 Å². The first kappa shape index (κ1) is 14.5. The van der Waals surface area contributed by atoms with Gasteiger partial charge in [0.1, 0.15) is 16.8 Å². The van der Waals surface area contributed by atoms with Crippen LogP contribution in [-0.2, 0) is 5.41 Å². The first-order chi connectivity index (χ1) is 8.75. The molecule has 1 heterocycles. The van der Waals surface area contributed by atoms with Gasteiger partial charge in [0.15, 0.2) is 0 Å². The van der Waals surface area contributed by atoms with E-state index in [9.17, 15) is 5.11 Å². The van der Waals surface area contributed by atoms with Crippen molar-refractivity contribution in [2.45, 2.75) is 45.1 Å². The van der Waals surface area contributed by atoms with Gasteiger partial charge in [-0.1, -0.05) is 32.4 Å². The van der Waals surface area contributed by atoms with E-state index >= 15 is 0 Å². The van der Waals surface area contributed by atoms with Crippen molar-refractivity contribution in [3.63, 3.8) is 0 Å². The quantitative estimate of drug-likeness (QED) is 0.867. The van der Waals surface area contributed by atoms with Crippen LogP contribution >= 0.6 is 11.6 Å². The van der Waals surface area contributed by atoms with Gasteiger partial charge in [-0.05, 0) is 18.8 Å². The molecule has 1 fully saturated rings. The number of anilines is 1. The molecule has 19 heavy (non-hydrogen) atoms. The second kappa shape index (κ2) is 5.25. The third-order valence-electron chi connectivity index (χ3n) is 3.49. The summed E-state index contributed by atoms with van der Waals surface area (Å²) in [5, 5.41) is 9.81. The SMILES string of the molecule is CN(CC1CC(O)C1)c1cc(Cl)nc(C(C)(C)C)n1. The molecule has 2 rings (SSSR count). The third kappa shape index (κ3) is 3.57. The summed E-state index contributed by atoms with van der Waals surface area (Å²) in [7, 11) is 2.01. The van der Waals surface area contributed by atoms with Gasteiger partial charge in [0.05, 0.1) is 6.10 Å². The lowest BCUT2D eigenvalue weighted by Gasteiger charge is -2.35. The Morgan fingerprint density at radius 3 is 2.53 bits per heavy atom. The minimum atomic E-state index is -0.118. The van der Waals surface area contributed by atoms with Crippen LogP contribution in [0.15, 0.2) is 6.07 Å². The van der Waals surface area contributed by atoms with E-state index in [4.69, 9.17) is 11.6 Å². The Labute approximate surface area is 119 Å². The van der Waals surface area contributed by atoms with Crippen molar-refractivity contribution < 1.29 is 5.11 Å². The summed E-state index contributed by atoms with van der Waals surface area (Å²) in [5.74, 6) is 2.16. The largest absolute Gasteiger partial charge is 0.393 e. The van der Waals surface area contributed by atoms with Crippen molar-refractivity contribution in [2.24, 2.45) is 5.92 Å². The molecule has 4 nitrogen and oxygen atoms in total. The number of aliphatic hydroxyl groups excluding tert-OH is 1. The molecular formula is C14H22ClN3O. The van der Waals surface area contributed by atoms with Gasteiger partial charge >= 0.3 is 0 Å². The van der Waals surface area contributed by atoms with Crippen LogP contribution in [0.5, 0.6) is 0 Å². The lowest BCUT2D eigenvalue weighted by Crippen LogP contribution is -2.37. The molecule has 0 spiro atoms. The number of halogens is 1. The van der Waals surface area contributed by atoms with Crippen LogP contribution in [0.4, 0.5) is 5.82 Å². The first-order valence-electron chi connectivity index (χ1n) is 6.70. The monoisotopic (exact) mass is 283 g/mol. The zero-order chi connectivity index (χ0) is 14.2. The maximum Gasteiger partial charge on any atom is 0.137 e. The van der Waals surface area contributed by atoms with Gasteiger partial charge in [-0.3, -0.25) is 0 Å². The van der Waals surface area contributed by atoms with Gasteiger partial charge in [0.25, 0.3) is 0 Å². The first-order valence-corrected chi connectivity index (χ1v) is 7.08. The maximum absolute atomic E-state index is 9.33. The summed E-state index contributed by atoms with van der Waals surface area (Å²) < 4.78 is 0. The predicted molar refractivity (Wildman–Crippen MR) is 77.7 cm³/mol. The van der Waals surface area contributed by atoms with E-state index in [0.717, 1.165) is 31.0 Å². The molecule has 1 saturated carbocycles. The number of hydrogen-bond donors (Lipinski definition) is 1. The molecular weight excluding hydrogens is 262 g/mol. The molecule has 1 aromatic rings. The highest BCUT2D eigenvalue weighted by molar-refractivity contribution is 6.29. The summed E-state index contributed by atoms with van der Waals surface area (Å²) in [6, 6.07) is 1.80. The Hall–Kier alpha value is -0.870. The topological polar surface area (TPSA) is 49.2 Å². The normalized spacial score (nSPS) is 23.1. The average molecular weight is 284 g/mol. The molecule has 5 heteroatoms. The molecule has 106 valence electrons. The van der Waals surface area contributed by atoms with Crippen LogP contribution in [0.3, 0.4) is 0 Å². The zero-order valence-electron chi connectivity index (χ0n) is 12.0. The predicted octanol–water partition coefficient (Wildman–Crippen LogP) is 2.63. The zero-order valence-corrected chi connectivity index (χ0v) is 12.8. The summed E-state index contributed by atoms with van der Waals surface area (Å²) in [6.45, 7) is 7.12. The van der Waals surface area contributed by atoms with Crippen LogP contribution in [-0.4, -0.2) is 34.8 Å². The van der Waals surface area contributed by atoms with Crippen molar-refractivity contribution in [2.75, 3.05) is 18.5 Å².